The summed E-state index contributed by atoms with van der Waals surface area (Å²) in [5, 5.41) is 19.7. The molecule has 0 spiro atoms. The third-order valence-electron chi connectivity index (χ3n) is 3.79. The van der Waals surface area contributed by atoms with Crippen molar-refractivity contribution in [3.63, 3.8) is 0 Å². The van der Waals surface area contributed by atoms with Crippen molar-refractivity contribution < 1.29 is 10.2 Å². The van der Waals surface area contributed by atoms with Gasteiger partial charge in [-0.2, -0.15) is 0 Å². The summed E-state index contributed by atoms with van der Waals surface area (Å²) in [7, 11) is 0. The van der Waals surface area contributed by atoms with Crippen LogP contribution < -0.4 is 0 Å². The zero-order valence-electron chi connectivity index (χ0n) is 13.9. The van der Waals surface area contributed by atoms with Crippen LogP contribution in [0.1, 0.15) is 48.7 Å². The van der Waals surface area contributed by atoms with E-state index in [1.807, 2.05) is 18.2 Å². The van der Waals surface area contributed by atoms with Gasteiger partial charge in [0, 0.05) is 23.5 Å². The second-order valence-corrected chi connectivity index (χ2v) is 6.12. The predicted octanol–water partition coefficient (Wildman–Crippen LogP) is 3.79. The highest BCUT2D eigenvalue weighted by molar-refractivity contribution is 5.85. The Morgan fingerprint density at radius 2 is 1.91 bits per heavy atom. The van der Waals surface area contributed by atoms with Gasteiger partial charge in [0.25, 0.3) is 0 Å². The van der Waals surface area contributed by atoms with Crippen molar-refractivity contribution in [3.05, 3.63) is 58.9 Å². The van der Waals surface area contributed by atoms with E-state index < -0.39 is 0 Å². The number of pyridine rings is 1. The number of benzene rings is 1. The minimum Gasteiger partial charge on any atom is -0.505 e. The molecule has 1 atom stereocenters. The van der Waals surface area contributed by atoms with Gasteiger partial charge in [0.2, 0.25) is 0 Å². The van der Waals surface area contributed by atoms with Gasteiger partial charge in [-0.15, -0.1) is 0 Å². The van der Waals surface area contributed by atoms with Gasteiger partial charge in [0.15, 0.2) is 0 Å². The fraction of sp³-hybridized carbons (Fsp3) is 0.368. The first-order valence-electron chi connectivity index (χ1n) is 7.89. The van der Waals surface area contributed by atoms with Gasteiger partial charge in [0.05, 0.1) is 18.3 Å². The summed E-state index contributed by atoms with van der Waals surface area (Å²) >= 11 is 0. The molecular weight excluding hydrogens is 288 g/mol. The number of aliphatic imine (C=N–C) groups is 1. The van der Waals surface area contributed by atoms with Gasteiger partial charge in [-0.3, -0.25) is 9.98 Å². The van der Waals surface area contributed by atoms with Gasteiger partial charge >= 0.3 is 0 Å². The first-order valence-corrected chi connectivity index (χ1v) is 7.89. The lowest BCUT2D eigenvalue weighted by molar-refractivity contribution is 0.280. The molecule has 0 radical (unpaired) electrons. The van der Waals surface area contributed by atoms with Crippen molar-refractivity contribution >= 4 is 6.21 Å². The second-order valence-electron chi connectivity index (χ2n) is 6.12. The lowest BCUT2D eigenvalue weighted by Crippen LogP contribution is -2.03. The predicted molar refractivity (Wildman–Crippen MR) is 92.8 cm³/mol. The van der Waals surface area contributed by atoms with Crippen molar-refractivity contribution in [2.24, 2.45) is 10.9 Å². The molecule has 0 saturated heterocycles. The molecule has 1 aromatic carbocycles. The molecule has 2 aromatic rings. The number of aliphatic hydroxyl groups is 1. The molecule has 122 valence electrons. The molecule has 2 N–H and O–H groups in total. The maximum absolute atomic E-state index is 10.2. The van der Waals surface area contributed by atoms with E-state index in [-0.39, 0.29) is 18.4 Å². The van der Waals surface area contributed by atoms with Crippen LogP contribution in [0.2, 0.25) is 0 Å². The Morgan fingerprint density at radius 3 is 2.52 bits per heavy atom. The highest BCUT2D eigenvalue weighted by atomic mass is 16.3. The minimum absolute atomic E-state index is 0.0237. The van der Waals surface area contributed by atoms with Crippen LogP contribution in [0.5, 0.6) is 5.75 Å². The fourth-order valence-corrected chi connectivity index (χ4v) is 2.49. The number of nitrogens with zero attached hydrogens (tertiary/aromatic N) is 2. The normalized spacial score (nSPS) is 12.9. The smallest absolute Gasteiger partial charge is 0.145 e. The van der Waals surface area contributed by atoms with Crippen LogP contribution in [0.4, 0.5) is 0 Å². The number of aromatic nitrogens is 1. The lowest BCUT2D eigenvalue weighted by Gasteiger charge is -2.16. The molecule has 4 heteroatoms. The van der Waals surface area contributed by atoms with Crippen LogP contribution >= 0.6 is 0 Å². The highest BCUT2D eigenvalue weighted by Crippen LogP contribution is 2.27. The zero-order chi connectivity index (χ0) is 16.8. The molecule has 4 nitrogen and oxygen atoms in total. The van der Waals surface area contributed by atoms with Crippen LogP contribution in [0, 0.1) is 12.8 Å². The molecule has 23 heavy (non-hydrogen) atoms. The van der Waals surface area contributed by atoms with E-state index in [1.54, 1.807) is 19.3 Å². The summed E-state index contributed by atoms with van der Waals surface area (Å²) < 4.78 is 0. The van der Waals surface area contributed by atoms with Gasteiger partial charge in [-0.25, -0.2) is 0 Å². The van der Waals surface area contributed by atoms with Crippen molar-refractivity contribution in [1.82, 2.24) is 4.98 Å². The van der Waals surface area contributed by atoms with Crippen LogP contribution in [-0.2, 0) is 6.61 Å². The summed E-state index contributed by atoms with van der Waals surface area (Å²) in [4.78, 5) is 8.76. The monoisotopic (exact) mass is 312 g/mol. The largest absolute Gasteiger partial charge is 0.505 e. The Balaban J connectivity index is 2.36. The number of aliphatic hydroxyl groups excluding tert-OH is 1. The van der Waals surface area contributed by atoms with Crippen LogP contribution in [0.3, 0.4) is 0 Å². The van der Waals surface area contributed by atoms with E-state index in [0.717, 1.165) is 12.0 Å². The van der Waals surface area contributed by atoms with Crippen molar-refractivity contribution in [1.29, 1.82) is 0 Å². The highest BCUT2D eigenvalue weighted by Gasteiger charge is 2.13. The molecule has 0 bridgehead atoms. The Hall–Kier alpha value is -2.20. The third-order valence-corrected chi connectivity index (χ3v) is 3.79. The number of aryl methyl sites for hydroxylation is 1. The van der Waals surface area contributed by atoms with E-state index in [4.69, 9.17) is 4.99 Å². The minimum atomic E-state index is -0.178. The topological polar surface area (TPSA) is 65.7 Å². The van der Waals surface area contributed by atoms with Crippen LogP contribution in [0.25, 0.3) is 0 Å². The Bertz CT molecular complexity index is 667. The maximum atomic E-state index is 10.2. The zero-order valence-corrected chi connectivity index (χ0v) is 13.9. The maximum Gasteiger partial charge on any atom is 0.145 e. The number of rotatable bonds is 6. The summed E-state index contributed by atoms with van der Waals surface area (Å²) in [6, 6.07) is 10.2. The Kier molecular flexibility index (Phi) is 5.88. The lowest BCUT2D eigenvalue weighted by atomic mass is 9.97. The number of hydrogen-bond acceptors (Lipinski definition) is 4. The first-order chi connectivity index (χ1) is 11.0. The Morgan fingerprint density at radius 1 is 1.22 bits per heavy atom. The second kappa shape index (κ2) is 7.88. The summed E-state index contributed by atoms with van der Waals surface area (Å²) in [5.41, 5.74) is 2.80. The molecule has 0 aliphatic heterocycles. The fourth-order valence-electron chi connectivity index (χ4n) is 2.49. The average Bonchev–Trinajstić information content (AvgIpc) is 2.55. The molecule has 1 heterocycles. The van der Waals surface area contributed by atoms with E-state index in [1.165, 1.54) is 0 Å². The van der Waals surface area contributed by atoms with Crippen molar-refractivity contribution in [2.45, 2.75) is 39.8 Å². The van der Waals surface area contributed by atoms with E-state index in [9.17, 15) is 10.2 Å². The van der Waals surface area contributed by atoms with Gasteiger partial charge in [0.1, 0.15) is 5.75 Å². The molecule has 0 aliphatic carbocycles. The molecule has 0 aliphatic rings. The van der Waals surface area contributed by atoms with Crippen LogP contribution in [-0.4, -0.2) is 21.4 Å². The van der Waals surface area contributed by atoms with E-state index >= 15 is 0 Å². The molecule has 1 aromatic heterocycles. The van der Waals surface area contributed by atoms with E-state index in [2.05, 4.69) is 31.0 Å². The van der Waals surface area contributed by atoms with Gasteiger partial charge in [-0.05, 0) is 24.8 Å². The van der Waals surface area contributed by atoms with Gasteiger partial charge < -0.3 is 10.2 Å². The molecule has 0 amide bonds. The summed E-state index contributed by atoms with van der Waals surface area (Å²) in [6.45, 7) is 5.89. The number of hydrogen-bond donors (Lipinski definition) is 2. The first kappa shape index (κ1) is 17.2. The molecule has 0 saturated carbocycles. The quantitative estimate of drug-likeness (QED) is 0.797. The molecule has 2 rings (SSSR count). The molecule has 0 fully saturated rings. The van der Waals surface area contributed by atoms with E-state index in [0.29, 0.717) is 22.7 Å². The summed E-state index contributed by atoms with van der Waals surface area (Å²) in [5.74, 6) is 0.583. The van der Waals surface area contributed by atoms with Crippen LogP contribution in [0.15, 0.2) is 41.5 Å². The molecular formula is C19H24N2O2. The summed E-state index contributed by atoms with van der Waals surface area (Å²) in [6.07, 6.45) is 4.16. The third kappa shape index (κ3) is 4.39. The van der Waals surface area contributed by atoms with Crippen molar-refractivity contribution in [3.8, 4) is 5.75 Å². The van der Waals surface area contributed by atoms with Crippen molar-refractivity contribution in [2.75, 3.05) is 0 Å². The number of aromatic hydroxyl groups is 1. The van der Waals surface area contributed by atoms with Gasteiger partial charge in [-0.1, -0.05) is 44.2 Å². The average molecular weight is 312 g/mol. The standard InChI is InChI=1S/C19H24N2O2/c1-13(2)9-18(15-7-5-4-6-8-15)21-11-17-16(12-22)10-20-14(3)19(17)23/h4-8,10-11,13,18,22-23H,9,12H2,1-3H3/t18-/m0/s1. The Labute approximate surface area is 137 Å². The molecule has 0 unspecified atom stereocenters. The SMILES string of the molecule is Cc1ncc(CO)c(C=N[C@@H](CC(C)C)c2ccccc2)c1O.